The van der Waals surface area contributed by atoms with E-state index >= 15 is 0 Å². The lowest BCUT2D eigenvalue weighted by molar-refractivity contribution is -0.0177. The van der Waals surface area contributed by atoms with Crippen LogP contribution in [0.2, 0.25) is 0 Å². The van der Waals surface area contributed by atoms with E-state index in [-0.39, 0.29) is 12.7 Å². The summed E-state index contributed by atoms with van der Waals surface area (Å²) in [5.74, 6) is 0. The monoisotopic (exact) mass is 134 g/mol. The zero-order valence-corrected chi connectivity index (χ0v) is 5.87. The van der Waals surface area contributed by atoms with Gasteiger partial charge in [-0.1, -0.05) is 0 Å². The second-order valence-corrected chi connectivity index (χ2v) is 2.18. The highest BCUT2D eigenvalue weighted by molar-refractivity contribution is 4.47. The maximum atomic E-state index is 8.69. The van der Waals surface area contributed by atoms with Crippen molar-refractivity contribution < 1.29 is 14.9 Å². The van der Waals surface area contributed by atoms with Crippen molar-refractivity contribution in [2.45, 2.75) is 26.1 Å². The molecule has 2 N–H and O–H groups in total. The Kier molecular flexibility index (Phi) is 4.67. The zero-order chi connectivity index (χ0) is 7.28. The van der Waals surface area contributed by atoms with Gasteiger partial charge < -0.3 is 14.9 Å². The van der Waals surface area contributed by atoms with Gasteiger partial charge in [-0.25, -0.2) is 0 Å². The second-order valence-electron chi connectivity index (χ2n) is 2.18. The predicted molar refractivity (Wildman–Crippen MR) is 34.2 cm³/mol. The van der Waals surface area contributed by atoms with Crippen molar-refractivity contribution in [3.8, 4) is 0 Å². The molecule has 2 atom stereocenters. The maximum Gasteiger partial charge on any atom is 0.0779 e. The molecule has 0 aliphatic rings. The summed E-state index contributed by atoms with van der Waals surface area (Å²) in [6.45, 7) is 3.70. The Balaban J connectivity index is 3.06. The lowest BCUT2D eigenvalue weighted by Crippen LogP contribution is -2.19. The number of ether oxygens (including phenoxy) is 1. The fourth-order valence-electron chi connectivity index (χ4n) is 0.356. The minimum absolute atomic E-state index is 0.00667. The van der Waals surface area contributed by atoms with Crippen molar-refractivity contribution in [2.75, 3.05) is 13.2 Å². The van der Waals surface area contributed by atoms with Gasteiger partial charge >= 0.3 is 0 Å². The van der Waals surface area contributed by atoms with Crippen LogP contribution in [0.1, 0.15) is 13.8 Å². The SMILES string of the molecule is CC(CO)OC[C@@H](C)O. The van der Waals surface area contributed by atoms with Crippen molar-refractivity contribution >= 4 is 0 Å². The average molecular weight is 134 g/mol. The Labute approximate surface area is 55.3 Å². The smallest absolute Gasteiger partial charge is 0.0779 e. The lowest BCUT2D eigenvalue weighted by Gasteiger charge is -2.10. The highest BCUT2D eigenvalue weighted by Crippen LogP contribution is 1.90. The number of rotatable bonds is 4. The summed E-state index contributed by atoms with van der Waals surface area (Å²) in [5.41, 5.74) is 0. The molecular formula is C6H14O3. The predicted octanol–water partition coefficient (Wildman–Crippen LogP) is -0.235. The van der Waals surface area contributed by atoms with E-state index in [0.717, 1.165) is 0 Å². The molecule has 9 heavy (non-hydrogen) atoms. The normalized spacial score (nSPS) is 17.3. The summed E-state index contributed by atoms with van der Waals surface area (Å²) >= 11 is 0. The minimum atomic E-state index is -0.445. The molecule has 3 nitrogen and oxygen atoms in total. The van der Waals surface area contributed by atoms with Crippen molar-refractivity contribution in [2.24, 2.45) is 0 Å². The van der Waals surface area contributed by atoms with Gasteiger partial charge in [-0.05, 0) is 13.8 Å². The van der Waals surface area contributed by atoms with Gasteiger partial charge in [0.05, 0.1) is 25.4 Å². The van der Waals surface area contributed by atoms with Gasteiger partial charge in [0.15, 0.2) is 0 Å². The molecule has 0 aromatic rings. The second kappa shape index (κ2) is 4.73. The van der Waals surface area contributed by atoms with E-state index in [9.17, 15) is 0 Å². The van der Waals surface area contributed by atoms with Crippen molar-refractivity contribution in [3.63, 3.8) is 0 Å². The van der Waals surface area contributed by atoms with Crippen LogP contribution in [0, 0.1) is 0 Å². The van der Waals surface area contributed by atoms with Crippen molar-refractivity contribution in [1.29, 1.82) is 0 Å². The molecule has 0 heterocycles. The summed E-state index contributed by atoms with van der Waals surface area (Å²) in [4.78, 5) is 0. The van der Waals surface area contributed by atoms with Crippen LogP contribution < -0.4 is 0 Å². The molecule has 0 saturated carbocycles. The molecule has 56 valence electrons. The topological polar surface area (TPSA) is 49.7 Å². The standard InChI is InChI=1S/C6H14O3/c1-5(8)4-9-6(2)3-7/h5-8H,3-4H2,1-2H3/t5-,6?/m1/s1. The molecular weight excluding hydrogens is 120 g/mol. The van der Waals surface area contributed by atoms with Crippen LogP contribution in [0.25, 0.3) is 0 Å². The van der Waals surface area contributed by atoms with Crippen LogP contribution in [-0.2, 0) is 4.74 Å². The van der Waals surface area contributed by atoms with Gasteiger partial charge in [-0.15, -0.1) is 0 Å². The van der Waals surface area contributed by atoms with Gasteiger partial charge in [0.25, 0.3) is 0 Å². The van der Waals surface area contributed by atoms with Gasteiger partial charge in [0.1, 0.15) is 0 Å². The van der Waals surface area contributed by atoms with Gasteiger partial charge in [-0.3, -0.25) is 0 Å². The molecule has 0 aromatic heterocycles. The first-order valence-corrected chi connectivity index (χ1v) is 3.07. The van der Waals surface area contributed by atoms with Crippen LogP contribution in [0.5, 0.6) is 0 Å². The summed E-state index contributed by atoms with van der Waals surface area (Å²) in [6.07, 6.45) is -0.612. The quantitative estimate of drug-likeness (QED) is 0.558. The summed E-state index contributed by atoms with van der Waals surface area (Å²) < 4.78 is 4.95. The van der Waals surface area contributed by atoms with Gasteiger partial charge in [0, 0.05) is 0 Å². The van der Waals surface area contributed by atoms with E-state index in [1.54, 1.807) is 13.8 Å². The van der Waals surface area contributed by atoms with Crippen molar-refractivity contribution in [3.05, 3.63) is 0 Å². The molecule has 0 amide bonds. The Morgan fingerprint density at radius 2 is 2.00 bits per heavy atom. The van der Waals surface area contributed by atoms with E-state index < -0.39 is 6.10 Å². The molecule has 0 radical (unpaired) electrons. The molecule has 0 fully saturated rings. The molecule has 0 spiro atoms. The summed E-state index contributed by atoms with van der Waals surface area (Å²) in [6, 6.07) is 0. The number of aliphatic hydroxyl groups excluding tert-OH is 2. The molecule has 0 rings (SSSR count). The Hall–Kier alpha value is -0.120. The number of hydrogen-bond acceptors (Lipinski definition) is 3. The Morgan fingerprint density at radius 1 is 1.44 bits per heavy atom. The zero-order valence-electron chi connectivity index (χ0n) is 5.87. The first-order valence-electron chi connectivity index (χ1n) is 3.07. The van der Waals surface area contributed by atoms with E-state index in [1.165, 1.54) is 0 Å². The Bertz CT molecular complexity index is 63.3. The van der Waals surface area contributed by atoms with Crippen LogP contribution in [0.4, 0.5) is 0 Å². The summed E-state index contributed by atoms with van der Waals surface area (Å²) in [7, 11) is 0. The van der Waals surface area contributed by atoms with E-state index in [1.807, 2.05) is 0 Å². The first kappa shape index (κ1) is 8.88. The van der Waals surface area contributed by atoms with E-state index in [0.29, 0.717) is 6.61 Å². The lowest BCUT2D eigenvalue weighted by atomic mass is 10.4. The first-order chi connectivity index (χ1) is 4.16. The van der Waals surface area contributed by atoms with Crippen LogP contribution >= 0.6 is 0 Å². The number of hydrogen-bond donors (Lipinski definition) is 2. The molecule has 0 bridgehead atoms. The van der Waals surface area contributed by atoms with Crippen LogP contribution in [0.15, 0.2) is 0 Å². The third kappa shape index (κ3) is 5.76. The summed E-state index contributed by atoms with van der Waals surface area (Å²) in [5, 5.41) is 17.1. The third-order valence-electron chi connectivity index (χ3n) is 0.879. The highest BCUT2D eigenvalue weighted by Gasteiger charge is 2.00. The van der Waals surface area contributed by atoms with Crippen LogP contribution in [-0.4, -0.2) is 35.6 Å². The minimum Gasteiger partial charge on any atom is -0.394 e. The van der Waals surface area contributed by atoms with Gasteiger partial charge in [0.2, 0.25) is 0 Å². The third-order valence-corrected chi connectivity index (χ3v) is 0.879. The molecule has 0 aliphatic carbocycles. The fraction of sp³-hybridized carbons (Fsp3) is 1.00. The Morgan fingerprint density at radius 3 is 2.33 bits per heavy atom. The van der Waals surface area contributed by atoms with Gasteiger partial charge in [-0.2, -0.15) is 0 Å². The van der Waals surface area contributed by atoms with Crippen molar-refractivity contribution in [1.82, 2.24) is 0 Å². The van der Waals surface area contributed by atoms with E-state index in [4.69, 9.17) is 14.9 Å². The molecule has 1 unspecified atom stereocenters. The average Bonchev–Trinajstić information content (AvgIpc) is 1.83. The number of aliphatic hydroxyl groups is 2. The molecule has 3 heteroatoms. The van der Waals surface area contributed by atoms with E-state index in [2.05, 4.69) is 0 Å². The fourth-order valence-corrected chi connectivity index (χ4v) is 0.356. The molecule has 0 aromatic carbocycles. The maximum absolute atomic E-state index is 8.69. The van der Waals surface area contributed by atoms with Crippen LogP contribution in [0.3, 0.4) is 0 Å². The molecule has 0 aliphatic heterocycles. The largest absolute Gasteiger partial charge is 0.394 e. The highest BCUT2D eigenvalue weighted by atomic mass is 16.5. The molecule has 0 saturated heterocycles.